The van der Waals surface area contributed by atoms with E-state index in [1.54, 1.807) is 72.8 Å². The molecule has 0 unspecified atom stereocenters. The third-order valence-corrected chi connectivity index (χ3v) is 14.3. The van der Waals surface area contributed by atoms with Gasteiger partial charge in [0.1, 0.15) is 0 Å². The van der Waals surface area contributed by atoms with Gasteiger partial charge >= 0.3 is 12.4 Å². The molecule has 0 N–H and O–H groups in total. The molecule has 6 rings (SSSR count). The molecule has 0 atom stereocenters. The molecule has 6 aromatic rings. The van der Waals surface area contributed by atoms with Crippen molar-refractivity contribution < 1.29 is 35.5 Å². The Balaban J connectivity index is 1.86. The van der Waals surface area contributed by atoms with Gasteiger partial charge in [-0.1, -0.05) is 146 Å². The van der Waals surface area contributed by atoms with Crippen LogP contribution < -0.4 is 31.8 Å². The van der Waals surface area contributed by atoms with Crippen LogP contribution >= 0.6 is 14.3 Å². The first-order chi connectivity index (χ1) is 22.9. The van der Waals surface area contributed by atoms with Gasteiger partial charge in [-0.3, -0.25) is 0 Å². The Morgan fingerprint density at radius 3 is 0.812 bits per heavy atom. The predicted octanol–water partition coefficient (Wildman–Crippen LogP) is 8.67. The van der Waals surface area contributed by atoms with Gasteiger partial charge in [0.05, 0.1) is 11.1 Å². The van der Waals surface area contributed by atoms with E-state index in [2.05, 4.69) is 0 Å². The van der Waals surface area contributed by atoms with E-state index < -0.39 is 59.5 Å². The maximum absolute atomic E-state index is 15.6. The van der Waals surface area contributed by atoms with Crippen molar-refractivity contribution in [2.75, 3.05) is 0 Å². The van der Waals surface area contributed by atoms with Crippen LogP contribution in [0.15, 0.2) is 158 Å². The molecule has 0 saturated carbocycles. The Labute approximate surface area is 273 Å². The van der Waals surface area contributed by atoms with Crippen molar-refractivity contribution in [3.8, 4) is 11.1 Å². The van der Waals surface area contributed by atoms with Crippen LogP contribution in [-0.2, 0) is 21.5 Å². The van der Waals surface area contributed by atoms with Crippen LogP contribution in [-0.4, -0.2) is 0 Å². The van der Waals surface area contributed by atoms with E-state index in [0.717, 1.165) is 12.1 Å². The summed E-state index contributed by atoms with van der Waals surface area (Å²) in [4.78, 5) is 0. The first-order valence-electron chi connectivity index (χ1n) is 14.7. The van der Waals surface area contributed by atoms with Crippen molar-refractivity contribution in [3.63, 3.8) is 0 Å². The second-order valence-electron chi connectivity index (χ2n) is 11.0. The van der Waals surface area contributed by atoms with Crippen molar-refractivity contribution in [3.05, 3.63) is 169 Å². The maximum Gasteiger partial charge on any atom is 0.417 e. The van der Waals surface area contributed by atoms with Gasteiger partial charge in [0, 0.05) is 43.0 Å². The number of hydrogen-bond acceptors (Lipinski definition) is 2. The molecule has 0 fully saturated rings. The minimum atomic E-state index is -5.19. The summed E-state index contributed by atoms with van der Waals surface area (Å²) in [6, 6.07) is 36.7. The summed E-state index contributed by atoms with van der Waals surface area (Å²) in [7, 11) is -8.64. The lowest BCUT2D eigenvalue weighted by Crippen LogP contribution is -2.32. The van der Waals surface area contributed by atoms with Gasteiger partial charge in [-0.05, 0) is 12.1 Å². The normalized spacial score (nSPS) is 12.5. The molecule has 0 aliphatic heterocycles. The van der Waals surface area contributed by atoms with Crippen molar-refractivity contribution in [1.29, 1.82) is 0 Å². The highest BCUT2D eigenvalue weighted by Crippen LogP contribution is 2.53. The SMILES string of the molecule is O=P(c1ccccc1)(c1ccccc1)c1cccc(C(F)(F)F)c1-c1c(C(F)(F)F)cccc1P(=O)(c1ccccc1)c1ccccc1. The standard InChI is InChI=1S/C38H26F6O2P2/c39-37(40,41)31-23-13-25-33(47(45,27-15-5-1-6-16-27)28-17-7-2-8-18-28)35(31)36-32(38(42,43)44)24-14-26-34(36)48(46,29-19-9-3-10-20-29)30-21-11-4-12-22-30/h1-26H. The average molecular weight is 691 g/mol. The summed E-state index contributed by atoms with van der Waals surface area (Å²) in [5, 5.41) is -0.427. The number of alkyl halides is 6. The number of halogens is 6. The van der Waals surface area contributed by atoms with Crippen LogP contribution in [0.5, 0.6) is 0 Å². The Hall–Kier alpha value is -4.64. The monoisotopic (exact) mass is 690 g/mol. The fourth-order valence-electron chi connectivity index (χ4n) is 6.01. The summed E-state index contributed by atoms with van der Waals surface area (Å²) >= 11 is 0. The molecule has 6 aromatic carbocycles. The molecule has 0 amide bonds. The van der Waals surface area contributed by atoms with Gasteiger partial charge < -0.3 is 9.13 Å². The largest absolute Gasteiger partial charge is 0.417 e. The average Bonchev–Trinajstić information content (AvgIpc) is 3.11. The van der Waals surface area contributed by atoms with E-state index in [1.807, 2.05) is 0 Å². The number of hydrogen-bond donors (Lipinski definition) is 0. The zero-order chi connectivity index (χ0) is 34.2. The summed E-state index contributed by atoms with van der Waals surface area (Å²) in [5.74, 6) is 0. The molecule has 0 aliphatic rings. The topological polar surface area (TPSA) is 34.1 Å². The zero-order valence-corrected chi connectivity index (χ0v) is 26.8. The van der Waals surface area contributed by atoms with Crippen LogP contribution in [0.1, 0.15) is 11.1 Å². The molecule has 0 heterocycles. The van der Waals surface area contributed by atoms with E-state index in [9.17, 15) is 0 Å². The molecular weight excluding hydrogens is 664 g/mol. The molecular formula is C38H26F6O2P2. The maximum atomic E-state index is 15.6. The smallest absolute Gasteiger partial charge is 0.309 e. The van der Waals surface area contributed by atoms with Gasteiger partial charge in [0.15, 0.2) is 14.3 Å². The lowest BCUT2D eigenvalue weighted by Gasteiger charge is -2.30. The summed E-state index contributed by atoms with van der Waals surface area (Å²) < 4.78 is 122. The van der Waals surface area contributed by atoms with Gasteiger partial charge in [-0.2, -0.15) is 26.3 Å². The van der Waals surface area contributed by atoms with Gasteiger partial charge in [0.2, 0.25) is 0 Å². The second-order valence-corrected chi connectivity index (χ2v) is 16.4. The molecule has 0 bridgehead atoms. The van der Waals surface area contributed by atoms with Crippen molar-refractivity contribution >= 4 is 46.1 Å². The summed E-state index contributed by atoms with van der Waals surface area (Å²) in [6.45, 7) is 0. The fourth-order valence-corrected chi connectivity index (χ4v) is 11.8. The Morgan fingerprint density at radius 2 is 0.583 bits per heavy atom. The van der Waals surface area contributed by atoms with Crippen molar-refractivity contribution in [2.24, 2.45) is 0 Å². The highest BCUT2D eigenvalue weighted by molar-refractivity contribution is 7.86. The van der Waals surface area contributed by atoms with Gasteiger partial charge in [-0.25, -0.2) is 0 Å². The minimum Gasteiger partial charge on any atom is -0.309 e. The molecule has 0 radical (unpaired) electrons. The van der Waals surface area contributed by atoms with Crippen LogP contribution in [0, 0.1) is 0 Å². The summed E-state index contributed by atoms with van der Waals surface area (Å²) in [5.41, 5.74) is -4.73. The van der Waals surface area contributed by atoms with Crippen LogP contribution in [0.3, 0.4) is 0 Å². The molecule has 10 heteroatoms. The molecule has 0 saturated heterocycles. The number of benzene rings is 6. The van der Waals surface area contributed by atoms with E-state index in [0.29, 0.717) is 12.1 Å². The third-order valence-electron chi connectivity index (χ3n) is 8.10. The Morgan fingerprint density at radius 1 is 0.333 bits per heavy atom. The second kappa shape index (κ2) is 12.8. The lowest BCUT2D eigenvalue weighted by atomic mass is 9.94. The Bertz CT molecular complexity index is 1910. The van der Waals surface area contributed by atoms with E-state index in [4.69, 9.17) is 0 Å². The number of rotatable bonds is 7. The van der Waals surface area contributed by atoms with E-state index in [-0.39, 0.29) is 21.2 Å². The zero-order valence-electron chi connectivity index (χ0n) is 25.0. The highest BCUT2D eigenvalue weighted by atomic mass is 31.2. The summed E-state index contributed by atoms with van der Waals surface area (Å²) in [6.07, 6.45) is -10.4. The predicted molar refractivity (Wildman–Crippen MR) is 181 cm³/mol. The van der Waals surface area contributed by atoms with Crippen LogP contribution in [0.25, 0.3) is 11.1 Å². The first-order valence-corrected chi connectivity index (χ1v) is 18.1. The molecule has 0 aliphatic carbocycles. The van der Waals surface area contributed by atoms with Gasteiger partial charge in [-0.15, -0.1) is 0 Å². The van der Waals surface area contributed by atoms with Gasteiger partial charge in [0.25, 0.3) is 0 Å². The molecule has 0 aromatic heterocycles. The van der Waals surface area contributed by atoms with E-state index >= 15 is 35.5 Å². The molecule has 48 heavy (non-hydrogen) atoms. The van der Waals surface area contributed by atoms with Crippen molar-refractivity contribution in [1.82, 2.24) is 0 Å². The van der Waals surface area contributed by atoms with Crippen LogP contribution in [0.4, 0.5) is 26.3 Å². The molecule has 242 valence electrons. The molecule has 2 nitrogen and oxygen atoms in total. The van der Waals surface area contributed by atoms with E-state index in [1.165, 1.54) is 60.7 Å². The lowest BCUT2D eigenvalue weighted by molar-refractivity contribution is -0.139. The molecule has 0 spiro atoms. The quantitative estimate of drug-likeness (QED) is 0.124. The van der Waals surface area contributed by atoms with Crippen molar-refractivity contribution in [2.45, 2.75) is 12.4 Å². The highest BCUT2D eigenvalue weighted by Gasteiger charge is 2.46. The third kappa shape index (κ3) is 5.85. The minimum absolute atomic E-state index is 0.122. The van der Waals surface area contributed by atoms with Crippen LogP contribution in [0.2, 0.25) is 0 Å². The first kappa shape index (κ1) is 33.3. The fraction of sp³-hybridized carbons (Fsp3) is 0.0526. The Kier molecular flexibility index (Phi) is 8.84.